The van der Waals surface area contributed by atoms with Crippen LogP contribution in [-0.2, 0) is 18.6 Å². The van der Waals surface area contributed by atoms with E-state index in [0.717, 1.165) is 23.5 Å². The molecule has 0 bridgehead atoms. The van der Waals surface area contributed by atoms with E-state index in [1.54, 1.807) is 6.20 Å². The monoisotopic (exact) mass is 306 g/mol. The molecule has 1 N–H and O–H groups in total. The standard InChI is InChI=1S/C20H22N2O/c1-16-8-6-7-11-18(16)20(2,23)14-19-21-12-13-22(19)15-17-9-4-3-5-10-17/h3-13,23H,14-15H2,1-2H3/t20-/m0/s1. The van der Waals surface area contributed by atoms with E-state index < -0.39 is 5.60 Å². The van der Waals surface area contributed by atoms with Crippen LogP contribution < -0.4 is 0 Å². The fourth-order valence-corrected chi connectivity index (χ4v) is 3.01. The van der Waals surface area contributed by atoms with E-state index in [1.807, 2.05) is 62.5 Å². The second-order valence-corrected chi connectivity index (χ2v) is 6.22. The van der Waals surface area contributed by atoms with Crippen molar-refractivity contribution < 1.29 is 5.11 Å². The third-order valence-corrected chi connectivity index (χ3v) is 4.23. The van der Waals surface area contributed by atoms with Crippen molar-refractivity contribution >= 4 is 0 Å². The first-order valence-electron chi connectivity index (χ1n) is 7.89. The highest BCUT2D eigenvalue weighted by Crippen LogP contribution is 2.27. The van der Waals surface area contributed by atoms with E-state index >= 15 is 0 Å². The average Bonchev–Trinajstić information content (AvgIpc) is 2.95. The Bertz CT molecular complexity index is 775. The molecule has 0 saturated carbocycles. The van der Waals surface area contributed by atoms with Gasteiger partial charge in [-0.1, -0.05) is 54.6 Å². The molecule has 0 unspecified atom stereocenters. The molecule has 0 radical (unpaired) electrons. The Hall–Kier alpha value is -2.39. The molecular weight excluding hydrogens is 284 g/mol. The van der Waals surface area contributed by atoms with Crippen LogP contribution in [0.1, 0.15) is 29.4 Å². The van der Waals surface area contributed by atoms with Gasteiger partial charge in [0, 0.05) is 25.4 Å². The molecule has 3 rings (SSSR count). The van der Waals surface area contributed by atoms with E-state index in [9.17, 15) is 5.11 Å². The van der Waals surface area contributed by atoms with Gasteiger partial charge in [-0.3, -0.25) is 0 Å². The maximum atomic E-state index is 11.0. The molecule has 3 aromatic rings. The zero-order valence-corrected chi connectivity index (χ0v) is 13.6. The minimum Gasteiger partial charge on any atom is -0.385 e. The molecule has 0 spiro atoms. The Morgan fingerprint density at radius 2 is 1.74 bits per heavy atom. The molecule has 1 heterocycles. The molecule has 0 saturated heterocycles. The van der Waals surface area contributed by atoms with Crippen molar-refractivity contribution in [2.24, 2.45) is 0 Å². The van der Waals surface area contributed by atoms with Crippen molar-refractivity contribution in [2.45, 2.75) is 32.4 Å². The number of hydrogen-bond acceptors (Lipinski definition) is 2. The number of rotatable bonds is 5. The fourth-order valence-electron chi connectivity index (χ4n) is 3.01. The van der Waals surface area contributed by atoms with E-state index in [2.05, 4.69) is 21.7 Å². The summed E-state index contributed by atoms with van der Waals surface area (Å²) in [5.74, 6) is 0.891. The molecule has 0 fully saturated rings. The van der Waals surface area contributed by atoms with Gasteiger partial charge in [0.25, 0.3) is 0 Å². The molecule has 0 aliphatic carbocycles. The molecule has 3 nitrogen and oxygen atoms in total. The number of aliphatic hydroxyl groups is 1. The quantitative estimate of drug-likeness (QED) is 0.780. The lowest BCUT2D eigenvalue weighted by molar-refractivity contribution is 0.0540. The van der Waals surface area contributed by atoms with Crippen molar-refractivity contribution in [3.05, 3.63) is 89.5 Å². The van der Waals surface area contributed by atoms with Crippen LogP contribution in [0.2, 0.25) is 0 Å². The minimum absolute atomic E-state index is 0.484. The maximum absolute atomic E-state index is 11.0. The van der Waals surface area contributed by atoms with Crippen LogP contribution in [0.25, 0.3) is 0 Å². The molecule has 23 heavy (non-hydrogen) atoms. The topological polar surface area (TPSA) is 38.1 Å². The Labute approximate surface area is 137 Å². The van der Waals surface area contributed by atoms with Crippen LogP contribution >= 0.6 is 0 Å². The number of aryl methyl sites for hydroxylation is 1. The first-order valence-corrected chi connectivity index (χ1v) is 7.89. The van der Waals surface area contributed by atoms with Gasteiger partial charge in [-0.15, -0.1) is 0 Å². The first kappa shape index (κ1) is 15.5. The Balaban J connectivity index is 1.84. The summed E-state index contributed by atoms with van der Waals surface area (Å²) in [7, 11) is 0. The second-order valence-electron chi connectivity index (χ2n) is 6.22. The summed E-state index contributed by atoms with van der Waals surface area (Å²) >= 11 is 0. The summed E-state index contributed by atoms with van der Waals surface area (Å²) in [6.07, 6.45) is 4.25. The highest BCUT2D eigenvalue weighted by atomic mass is 16.3. The smallest absolute Gasteiger partial charge is 0.112 e. The molecule has 118 valence electrons. The number of imidazole rings is 1. The number of benzene rings is 2. The summed E-state index contributed by atoms with van der Waals surface area (Å²) in [5.41, 5.74) is 2.33. The maximum Gasteiger partial charge on any atom is 0.112 e. The third-order valence-electron chi connectivity index (χ3n) is 4.23. The number of hydrogen-bond donors (Lipinski definition) is 1. The van der Waals surface area contributed by atoms with Gasteiger partial charge in [-0.05, 0) is 30.5 Å². The lowest BCUT2D eigenvalue weighted by Crippen LogP contribution is -2.27. The van der Waals surface area contributed by atoms with Crippen LogP contribution in [0.15, 0.2) is 67.0 Å². The molecule has 2 aromatic carbocycles. The normalized spacial score (nSPS) is 13.7. The predicted molar refractivity (Wildman–Crippen MR) is 92.2 cm³/mol. The van der Waals surface area contributed by atoms with Crippen molar-refractivity contribution in [3.63, 3.8) is 0 Å². The Morgan fingerprint density at radius 1 is 1.04 bits per heavy atom. The summed E-state index contributed by atoms with van der Waals surface area (Å²) in [5, 5.41) is 11.0. The van der Waals surface area contributed by atoms with Crippen LogP contribution in [0, 0.1) is 6.92 Å². The SMILES string of the molecule is Cc1ccccc1[C@@](C)(O)Cc1nccn1Cc1ccccc1. The summed E-state index contributed by atoms with van der Waals surface area (Å²) in [4.78, 5) is 4.46. The molecule has 1 aromatic heterocycles. The Morgan fingerprint density at radius 3 is 2.48 bits per heavy atom. The summed E-state index contributed by atoms with van der Waals surface area (Å²) in [6.45, 7) is 4.65. The van der Waals surface area contributed by atoms with E-state index in [-0.39, 0.29) is 0 Å². The van der Waals surface area contributed by atoms with Crippen molar-refractivity contribution in [2.75, 3.05) is 0 Å². The van der Waals surface area contributed by atoms with E-state index in [0.29, 0.717) is 6.42 Å². The number of aromatic nitrogens is 2. The lowest BCUT2D eigenvalue weighted by Gasteiger charge is -2.25. The molecule has 1 atom stereocenters. The summed E-state index contributed by atoms with van der Waals surface area (Å²) < 4.78 is 2.10. The van der Waals surface area contributed by atoms with Gasteiger partial charge in [-0.2, -0.15) is 0 Å². The van der Waals surface area contributed by atoms with Crippen LogP contribution in [0.5, 0.6) is 0 Å². The molecule has 0 aliphatic rings. The zero-order chi connectivity index (χ0) is 16.3. The van der Waals surface area contributed by atoms with Gasteiger partial charge >= 0.3 is 0 Å². The fraction of sp³-hybridized carbons (Fsp3) is 0.250. The zero-order valence-electron chi connectivity index (χ0n) is 13.6. The third kappa shape index (κ3) is 3.51. The number of nitrogens with zero attached hydrogens (tertiary/aromatic N) is 2. The molecule has 0 amide bonds. The van der Waals surface area contributed by atoms with Crippen LogP contribution in [0.3, 0.4) is 0 Å². The van der Waals surface area contributed by atoms with Crippen LogP contribution in [0.4, 0.5) is 0 Å². The highest BCUT2D eigenvalue weighted by Gasteiger charge is 2.27. The second kappa shape index (κ2) is 6.39. The van der Waals surface area contributed by atoms with Crippen molar-refractivity contribution in [3.8, 4) is 0 Å². The molecule has 0 aliphatic heterocycles. The lowest BCUT2D eigenvalue weighted by atomic mass is 9.89. The predicted octanol–water partition coefficient (Wildman–Crippen LogP) is 3.69. The molecular formula is C20H22N2O. The van der Waals surface area contributed by atoms with E-state index in [1.165, 1.54) is 5.56 Å². The molecule has 3 heteroatoms. The van der Waals surface area contributed by atoms with Crippen LogP contribution in [-0.4, -0.2) is 14.7 Å². The van der Waals surface area contributed by atoms with Gasteiger partial charge in [0.05, 0.1) is 5.60 Å². The minimum atomic E-state index is -0.939. The van der Waals surface area contributed by atoms with E-state index in [4.69, 9.17) is 0 Å². The highest BCUT2D eigenvalue weighted by molar-refractivity contribution is 5.31. The van der Waals surface area contributed by atoms with Gasteiger partial charge in [0.2, 0.25) is 0 Å². The first-order chi connectivity index (χ1) is 11.1. The largest absolute Gasteiger partial charge is 0.385 e. The van der Waals surface area contributed by atoms with Gasteiger partial charge in [-0.25, -0.2) is 4.98 Å². The van der Waals surface area contributed by atoms with Gasteiger partial charge in [0.1, 0.15) is 5.82 Å². The van der Waals surface area contributed by atoms with Crippen molar-refractivity contribution in [1.82, 2.24) is 9.55 Å². The Kier molecular flexibility index (Phi) is 4.30. The summed E-state index contributed by atoms with van der Waals surface area (Å²) in [6, 6.07) is 18.3. The van der Waals surface area contributed by atoms with Crippen molar-refractivity contribution in [1.29, 1.82) is 0 Å². The average molecular weight is 306 g/mol. The van der Waals surface area contributed by atoms with Gasteiger partial charge in [0.15, 0.2) is 0 Å². The van der Waals surface area contributed by atoms with Gasteiger partial charge < -0.3 is 9.67 Å².